The van der Waals surface area contributed by atoms with Gasteiger partial charge in [-0.15, -0.1) is 0 Å². The van der Waals surface area contributed by atoms with Crippen molar-refractivity contribution in [1.82, 2.24) is 0 Å². The highest BCUT2D eigenvalue weighted by Crippen LogP contribution is 2.44. The average Bonchev–Trinajstić information content (AvgIpc) is 2.98. The number of carbonyl (C=O) groups excluding carboxylic acids is 2. The number of ether oxygens (including phenoxy) is 1. The first kappa shape index (κ1) is 21.1. The van der Waals surface area contributed by atoms with Gasteiger partial charge in [0.25, 0.3) is 5.91 Å². The molecule has 0 radical (unpaired) electrons. The summed E-state index contributed by atoms with van der Waals surface area (Å²) in [6.07, 6.45) is -0.148. The number of anilines is 1. The predicted molar refractivity (Wildman–Crippen MR) is 111 cm³/mol. The Morgan fingerprint density at radius 3 is 2.30 bits per heavy atom. The lowest BCUT2D eigenvalue weighted by molar-refractivity contribution is -0.136. The predicted octanol–water partition coefficient (Wildman–Crippen LogP) is 3.45. The van der Waals surface area contributed by atoms with E-state index in [1.54, 1.807) is 62.4 Å². The molecule has 2 aromatic rings. The third-order valence-electron chi connectivity index (χ3n) is 5.00. The van der Waals surface area contributed by atoms with Crippen LogP contribution in [0.3, 0.4) is 0 Å². The molecular formula is C23H23NO6. The van der Waals surface area contributed by atoms with Gasteiger partial charge >= 0.3 is 5.97 Å². The van der Waals surface area contributed by atoms with Crippen LogP contribution in [-0.2, 0) is 20.8 Å². The van der Waals surface area contributed by atoms with Gasteiger partial charge in [0.15, 0.2) is 11.5 Å². The number of rotatable bonds is 7. The minimum atomic E-state index is -0.962. The minimum Gasteiger partial charge on any atom is -0.503 e. The Kier molecular flexibility index (Phi) is 5.91. The molecule has 0 saturated carbocycles. The molecule has 0 aliphatic carbocycles. The molecule has 0 aromatic heterocycles. The van der Waals surface area contributed by atoms with E-state index in [0.717, 1.165) is 0 Å². The van der Waals surface area contributed by atoms with Crippen molar-refractivity contribution in [2.24, 2.45) is 5.92 Å². The van der Waals surface area contributed by atoms with Crippen LogP contribution in [0, 0.1) is 5.92 Å². The Morgan fingerprint density at radius 1 is 1.10 bits per heavy atom. The smallest absolute Gasteiger partial charge is 0.307 e. The van der Waals surface area contributed by atoms with Crippen LogP contribution in [-0.4, -0.2) is 35.0 Å². The second-order valence-corrected chi connectivity index (χ2v) is 7.34. The van der Waals surface area contributed by atoms with Gasteiger partial charge in [0.05, 0.1) is 25.1 Å². The zero-order valence-corrected chi connectivity index (χ0v) is 17.0. The highest BCUT2D eigenvalue weighted by Gasteiger charge is 2.45. The van der Waals surface area contributed by atoms with E-state index < -0.39 is 29.6 Å². The SMILES string of the molecule is COc1ccccc1C1C(C(=O)C(C)C)=C(O)C(=O)N1c1ccc(CC(=O)O)cc1. The number of aliphatic hydroxyl groups is 1. The van der Waals surface area contributed by atoms with Crippen molar-refractivity contribution in [2.45, 2.75) is 26.3 Å². The summed E-state index contributed by atoms with van der Waals surface area (Å²) in [5.74, 6) is -2.52. The highest BCUT2D eigenvalue weighted by atomic mass is 16.5. The summed E-state index contributed by atoms with van der Waals surface area (Å²) in [5.41, 5.74) is 1.59. The van der Waals surface area contributed by atoms with Crippen molar-refractivity contribution in [3.8, 4) is 5.75 Å². The number of carbonyl (C=O) groups is 3. The molecule has 0 spiro atoms. The van der Waals surface area contributed by atoms with Gasteiger partial charge < -0.3 is 14.9 Å². The summed E-state index contributed by atoms with van der Waals surface area (Å²) in [6, 6.07) is 12.6. The molecule has 0 bridgehead atoms. The molecule has 30 heavy (non-hydrogen) atoms. The van der Waals surface area contributed by atoms with Crippen molar-refractivity contribution >= 4 is 23.3 Å². The van der Waals surface area contributed by atoms with E-state index in [2.05, 4.69) is 0 Å². The first-order chi connectivity index (χ1) is 14.3. The van der Waals surface area contributed by atoms with E-state index in [9.17, 15) is 19.5 Å². The van der Waals surface area contributed by atoms with Crippen LogP contribution in [0.25, 0.3) is 0 Å². The van der Waals surface area contributed by atoms with Gasteiger partial charge in [0.1, 0.15) is 5.75 Å². The van der Waals surface area contributed by atoms with Gasteiger partial charge in [-0.1, -0.05) is 44.2 Å². The molecule has 2 N–H and O–H groups in total. The molecule has 1 amide bonds. The second kappa shape index (κ2) is 8.41. The number of carboxylic acid groups (broad SMARTS) is 1. The maximum absolute atomic E-state index is 13.0. The van der Waals surface area contributed by atoms with E-state index in [-0.39, 0.29) is 17.8 Å². The van der Waals surface area contributed by atoms with Gasteiger partial charge in [-0.05, 0) is 23.8 Å². The van der Waals surface area contributed by atoms with Crippen LogP contribution < -0.4 is 9.64 Å². The fourth-order valence-electron chi connectivity index (χ4n) is 3.57. The molecule has 1 aliphatic rings. The van der Waals surface area contributed by atoms with Gasteiger partial charge in [-0.2, -0.15) is 0 Å². The van der Waals surface area contributed by atoms with Crippen molar-refractivity contribution < 1.29 is 29.3 Å². The first-order valence-electron chi connectivity index (χ1n) is 9.50. The summed E-state index contributed by atoms with van der Waals surface area (Å²) in [7, 11) is 1.49. The monoisotopic (exact) mass is 409 g/mol. The van der Waals surface area contributed by atoms with Crippen molar-refractivity contribution in [3.63, 3.8) is 0 Å². The minimum absolute atomic E-state index is 0.0223. The number of aliphatic hydroxyl groups excluding tert-OH is 1. The number of amides is 1. The molecule has 1 heterocycles. The molecule has 1 unspecified atom stereocenters. The van der Waals surface area contributed by atoms with Gasteiger partial charge in [-0.25, -0.2) is 0 Å². The summed E-state index contributed by atoms with van der Waals surface area (Å²) >= 11 is 0. The molecule has 0 fully saturated rings. The fraction of sp³-hybridized carbons (Fsp3) is 0.261. The molecule has 3 rings (SSSR count). The van der Waals surface area contributed by atoms with Crippen molar-refractivity contribution in [1.29, 1.82) is 0 Å². The van der Waals surface area contributed by atoms with Crippen LogP contribution in [0.2, 0.25) is 0 Å². The quantitative estimate of drug-likeness (QED) is 0.726. The third-order valence-corrected chi connectivity index (χ3v) is 5.00. The van der Waals surface area contributed by atoms with Gasteiger partial charge in [0.2, 0.25) is 0 Å². The molecule has 0 saturated heterocycles. The number of benzene rings is 2. The molecule has 2 aromatic carbocycles. The van der Waals surface area contributed by atoms with Crippen molar-refractivity contribution in [2.75, 3.05) is 12.0 Å². The summed E-state index contributed by atoms with van der Waals surface area (Å²) in [6.45, 7) is 3.41. The maximum atomic E-state index is 13.0. The van der Waals surface area contributed by atoms with Crippen LogP contribution >= 0.6 is 0 Å². The van der Waals surface area contributed by atoms with E-state index >= 15 is 0 Å². The highest BCUT2D eigenvalue weighted by molar-refractivity contribution is 6.17. The molecule has 7 nitrogen and oxygen atoms in total. The van der Waals surface area contributed by atoms with Gasteiger partial charge in [0, 0.05) is 17.2 Å². The number of para-hydroxylation sites is 1. The molecular weight excluding hydrogens is 386 g/mol. The number of hydrogen-bond donors (Lipinski definition) is 2. The molecule has 1 aliphatic heterocycles. The Hall–Kier alpha value is -3.61. The standard InChI is InChI=1S/C23H23NO6/c1-13(2)21(27)19-20(16-6-4-5-7-17(16)30-3)24(23(29)22(19)28)15-10-8-14(9-11-15)12-18(25)26/h4-11,13,20,28H,12H2,1-3H3,(H,25,26). The number of nitrogens with zero attached hydrogens (tertiary/aromatic N) is 1. The van der Waals surface area contributed by atoms with E-state index in [4.69, 9.17) is 9.84 Å². The topological polar surface area (TPSA) is 104 Å². The first-order valence-corrected chi connectivity index (χ1v) is 9.50. The summed E-state index contributed by atoms with van der Waals surface area (Å²) < 4.78 is 5.45. The summed E-state index contributed by atoms with van der Waals surface area (Å²) in [4.78, 5) is 38.2. The number of aliphatic carboxylic acids is 1. The molecule has 156 valence electrons. The summed E-state index contributed by atoms with van der Waals surface area (Å²) in [5, 5.41) is 19.6. The Balaban J connectivity index is 2.15. The Labute approximate surface area is 174 Å². The van der Waals surface area contributed by atoms with Crippen LogP contribution in [0.4, 0.5) is 5.69 Å². The Bertz CT molecular complexity index is 1020. The largest absolute Gasteiger partial charge is 0.503 e. The fourth-order valence-corrected chi connectivity index (χ4v) is 3.57. The lowest BCUT2D eigenvalue weighted by Crippen LogP contribution is -2.31. The number of Topliss-reactive ketones (excluding diaryl/α,β-unsaturated/α-hetero) is 1. The van der Waals surface area contributed by atoms with E-state index in [1.807, 2.05) is 0 Å². The lowest BCUT2D eigenvalue weighted by atomic mass is 9.90. The van der Waals surface area contributed by atoms with Crippen molar-refractivity contribution in [3.05, 3.63) is 71.0 Å². The normalized spacial score (nSPS) is 16.3. The molecule has 7 heteroatoms. The van der Waals surface area contributed by atoms with Crippen LogP contribution in [0.1, 0.15) is 31.0 Å². The third kappa shape index (κ3) is 3.78. The van der Waals surface area contributed by atoms with Crippen LogP contribution in [0.5, 0.6) is 5.75 Å². The van der Waals surface area contributed by atoms with E-state index in [1.165, 1.54) is 12.0 Å². The average molecular weight is 409 g/mol. The second-order valence-electron chi connectivity index (χ2n) is 7.34. The van der Waals surface area contributed by atoms with E-state index in [0.29, 0.717) is 22.6 Å². The number of carboxylic acids is 1. The zero-order chi connectivity index (χ0) is 22.0. The van der Waals surface area contributed by atoms with Gasteiger partial charge in [-0.3, -0.25) is 19.3 Å². The number of hydrogen-bond acceptors (Lipinski definition) is 5. The number of ketones is 1. The van der Waals surface area contributed by atoms with Crippen LogP contribution in [0.15, 0.2) is 59.9 Å². The number of methoxy groups -OCH3 is 1. The molecule has 1 atom stereocenters. The zero-order valence-electron chi connectivity index (χ0n) is 17.0. The lowest BCUT2D eigenvalue weighted by Gasteiger charge is -2.28. The maximum Gasteiger partial charge on any atom is 0.307 e. The Morgan fingerprint density at radius 2 is 1.73 bits per heavy atom.